The molecule has 2 nitrogen and oxygen atoms in total. The molecule has 0 saturated carbocycles. The van der Waals surface area contributed by atoms with Crippen LogP contribution in [-0.4, -0.2) is 4.98 Å². The zero-order valence-electron chi connectivity index (χ0n) is 10.2. The summed E-state index contributed by atoms with van der Waals surface area (Å²) in [6.07, 6.45) is 3.07. The molecule has 1 heterocycles. The molecular formula is C15H11FN2S. The van der Waals surface area contributed by atoms with Crippen LogP contribution in [0.3, 0.4) is 0 Å². The molecule has 19 heavy (non-hydrogen) atoms. The number of fused-ring (bicyclic) bond motifs is 1. The van der Waals surface area contributed by atoms with Gasteiger partial charge in [0.25, 0.3) is 0 Å². The summed E-state index contributed by atoms with van der Waals surface area (Å²) in [5.74, 6) is -0.273. The maximum absolute atomic E-state index is 13.2. The lowest BCUT2D eigenvalue weighted by Gasteiger charge is -2.06. The summed E-state index contributed by atoms with van der Waals surface area (Å²) in [5, 5.41) is 9.88. The van der Waals surface area contributed by atoms with E-state index < -0.39 is 0 Å². The van der Waals surface area contributed by atoms with Crippen LogP contribution in [0.25, 0.3) is 0 Å². The minimum atomic E-state index is -0.273. The first-order valence-electron chi connectivity index (χ1n) is 6.12. The van der Waals surface area contributed by atoms with E-state index >= 15 is 0 Å². The molecule has 1 aliphatic carbocycles. The zero-order chi connectivity index (χ0) is 13.2. The van der Waals surface area contributed by atoms with Crippen LogP contribution in [0, 0.1) is 17.1 Å². The fourth-order valence-corrected chi connectivity index (χ4v) is 3.16. The van der Waals surface area contributed by atoms with E-state index in [9.17, 15) is 9.65 Å². The van der Waals surface area contributed by atoms with Crippen molar-refractivity contribution in [1.29, 1.82) is 5.26 Å². The highest BCUT2D eigenvalue weighted by molar-refractivity contribution is 7.99. The molecule has 94 valence electrons. The Morgan fingerprint density at radius 1 is 1.26 bits per heavy atom. The second kappa shape index (κ2) is 5.02. The van der Waals surface area contributed by atoms with Crippen LogP contribution in [0.4, 0.5) is 4.39 Å². The van der Waals surface area contributed by atoms with Gasteiger partial charge in [-0.05, 0) is 49.1 Å². The number of nitriles is 1. The van der Waals surface area contributed by atoms with Gasteiger partial charge in [-0.15, -0.1) is 0 Å². The van der Waals surface area contributed by atoms with Gasteiger partial charge in [0, 0.05) is 10.6 Å². The maximum Gasteiger partial charge on any atom is 0.124 e. The van der Waals surface area contributed by atoms with Crippen molar-refractivity contribution in [1.82, 2.24) is 4.98 Å². The lowest BCUT2D eigenvalue weighted by atomic mass is 10.2. The maximum atomic E-state index is 13.2. The predicted octanol–water partition coefficient (Wildman–Crippen LogP) is 3.73. The van der Waals surface area contributed by atoms with Crippen molar-refractivity contribution in [2.75, 3.05) is 0 Å². The molecule has 0 unspecified atom stereocenters. The molecule has 1 aromatic carbocycles. The first-order valence-corrected chi connectivity index (χ1v) is 6.94. The number of halogens is 1. The molecule has 2 aromatic rings. The van der Waals surface area contributed by atoms with Crippen molar-refractivity contribution in [3.63, 3.8) is 0 Å². The lowest BCUT2D eigenvalue weighted by Crippen LogP contribution is -1.94. The third-order valence-corrected chi connectivity index (χ3v) is 4.14. The summed E-state index contributed by atoms with van der Waals surface area (Å²) in [6, 6.07) is 10.5. The minimum Gasteiger partial charge on any atom is -0.244 e. The summed E-state index contributed by atoms with van der Waals surface area (Å²) in [7, 11) is 0. The standard InChI is InChI=1S/C15H11FN2S/c16-12-4-2-5-13(8-12)19-15-11(9-17)7-10-3-1-6-14(10)18-15/h2,4-5,7-8H,1,3,6H2. The van der Waals surface area contributed by atoms with Gasteiger partial charge in [-0.3, -0.25) is 0 Å². The molecule has 0 bridgehead atoms. The van der Waals surface area contributed by atoms with E-state index in [1.54, 1.807) is 6.07 Å². The first kappa shape index (κ1) is 12.2. The Morgan fingerprint density at radius 2 is 2.16 bits per heavy atom. The molecule has 0 radical (unpaired) electrons. The van der Waals surface area contributed by atoms with Gasteiger partial charge >= 0.3 is 0 Å². The average molecular weight is 270 g/mol. The Labute approximate surface area is 115 Å². The minimum absolute atomic E-state index is 0.273. The van der Waals surface area contributed by atoms with Crippen molar-refractivity contribution >= 4 is 11.8 Å². The number of aromatic nitrogens is 1. The summed E-state index contributed by atoms with van der Waals surface area (Å²) in [6.45, 7) is 0. The van der Waals surface area contributed by atoms with E-state index in [0.29, 0.717) is 10.6 Å². The summed E-state index contributed by atoms with van der Waals surface area (Å²) in [5.41, 5.74) is 2.84. The molecule has 0 aliphatic heterocycles. The molecule has 1 aromatic heterocycles. The number of hydrogen-bond acceptors (Lipinski definition) is 3. The molecule has 0 spiro atoms. The second-order valence-corrected chi connectivity index (χ2v) is 5.53. The van der Waals surface area contributed by atoms with Gasteiger partial charge in [0.05, 0.1) is 5.56 Å². The SMILES string of the molecule is N#Cc1cc2c(nc1Sc1cccc(F)c1)CCC2. The first-order chi connectivity index (χ1) is 9.26. The molecular weight excluding hydrogens is 259 g/mol. The highest BCUT2D eigenvalue weighted by atomic mass is 32.2. The van der Waals surface area contributed by atoms with E-state index in [2.05, 4.69) is 11.1 Å². The largest absolute Gasteiger partial charge is 0.244 e. The van der Waals surface area contributed by atoms with Gasteiger partial charge in [-0.25, -0.2) is 9.37 Å². The topological polar surface area (TPSA) is 36.7 Å². The van der Waals surface area contributed by atoms with Crippen LogP contribution in [-0.2, 0) is 12.8 Å². The Hall–Kier alpha value is -1.86. The number of hydrogen-bond donors (Lipinski definition) is 0. The Kier molecular flexibility index (Phi) is 3.22. The third-order valence-electron chi connectivity index (χ3n) is 3.15. The number of nitrogens with zero attached hydrogens (tertiary/aromatic N) is 2. The fraction of sp³-hybridized carbons (Fsp3) is 0.200. The molecule has 0 atom stereocenters. The van der Waals surface area contributed by atoms with Crippen LogP contribution in [0.2, 0.25) is 0 Å². The van der Waals surface area contributed by atoms with Gasteiger partial charge in [0.2, 0.25) is 0 Å². The molecule has 1 aliphatic rings. The summed E-state index contributed by atoms with van der Waals surface area (Å²) in [4.78, 5) is 5.33. The highest BCUT2D eigenvalue weighted by Gasteiger charge is 2.17. The van der Waals surface area contributed by atoms with Crippen molar-refractivity contribution < 1.29 is 4.39 Å². The van der Waals surface area contributed by atoms with Crippen LogP contribution in [0.15, 0.2) is 40.3 Å². The molecule has 0 saturated heterocycles. The van der Waals surface area contributed by atoms with Crippen LogP contribution in [0.5, 0.6) is 0 Å². The smallest absolute Gasteiger partial charge is 0.124 e. The molecule has 0 amide bonds. The number of benzene rings is 1. The van der Waals surface area contributed by atoms with E-state index in [-0.39, 0.29) is 5.82 Å². The van der Waals surface area contributed by atoms with Gasteiger partial charge in [-0.1, -0.05) is 17.8 Å². The Bertz CT molecular complexity index is 676. The second-order valence-electron chi connectivity index (χ2n) is 4.47. The number of rotatable bonds is 2. The third kappa shape index (κ3) is 2.47. The van der Waals surface area contributed by atoms with Crippen LogP contribution < -0.4 is 0 Å². The Morgan fingerprint density at radius 3 is 2.95 bits per heavy atom. The predicted molar refractivity (Wildman–Crippen MR) is 71.5 cm³/mol. The van der Waals surface area contributed by atoms with E-state index in [4.69, 9.17) is 0 Å². The summed E-state index contributed by atoms with van der Waals surface area (Å²) < 4.78 is 13.2. The monoisotopic (exact) mass is 270 g/mol. The van der Waals surface area contributed by atoms with Crippen molar-refractivity contribution in [3.8, 4) is 6.07 Å². The van der Waals surface area contributed by atoms with E-state index in [0.717, 1.165) is 29.9 Å². The average Bonchev–Trinajstić information content (AvgIpc) is 2.85. The Balaban J connectivity index is 1.99. The number of aryl methyl sites for hydroxylation is 2. The van der Waals surface area contributed by atoms with E-state index in [1.165, 1.54) is 29.5 Å². The normalized spacial score (nSPS) is 13.1. The molecule has 4 heteroatoms. The van der Waals surface area contributed by atoms with Crippen molar-refractivity contribution in [3.05, 3.63) is 53.0 Å². The lowest BCUT2D eigenvalue weighted by molar-refractivity contribution is 0.624. The van der Waals surface area contributed by atoms with Gasteiger partial charge in [0.15, 0.2) is 0 Å². The molecule has 0 fully saturated rings. The van der Waals surface area contributed by atoms with E-state index in [1.807, 2.05) is 12.1 Å². The number of pyridine rings is 1. The van der Waals surface area contributed by atoms with Crippen molar-refractivity contribution in [2.45, 2.75) is 29.2 Å². The molecule has 0 N–H and O–H groups in total. The van der Waals surface area contributed by atoms with Gasteiger partial charge < -0.3 is 0 Å². The zero-order valence-corrected chi connectivity index (χ0v) is 11.0. The summed E-state index contributed by atoms with van der Waals surface area (Å²) >= 11 is 1.35. The quantitative estimate of drug-likeness (QED) is 0.834. The van der Waals surface area contributed by atoms with Crippen LogP contribution >= 0.6 is 11.8 Å². The van der Waals surface area contributed by atoms with Crippen LogP contribution in [0.1, 0.15) is 23.2 Å². The van der Waals surface area contributed by atoms with Gasteiger partial charge in [0.1, 0.15) is 16.9 Å². The highest BCUT2D eigenvalue weighted by Crippen LogP contribution is 2.32. The molecule has 3 rings (SSSR count). The van der Waals surface area contributed by atoms with Gasteiger partial charge in [-0.2, -0.15) is 5.26 Å². The fourth-order valence-electron chi connectivity index (χ4n) is 2.25. The van der Waals surface area contributed by atoms with Crippen molar-refractivity contribution in [2.24, 2.45) is 0 Å².